The third-order valence-electron chi connectivity index (χ3n) is 3.64. The molecule has 1 heterocycles. The van der Waals surface area contributed by atoms with Crippen molar-refractivity contribution in [1.82, 2.24) is 0 Å². The Morgan fingerprint density at radius 3 is 2.62 bits per heavy atom. The van der Waals surface area contributed by atoms with Gasteiger partial charge >= 0.3 is 0 Å². The number of rotatable bonds is 2. The van der Waals surface area contributed by atoms with Gasteiger partial charge in [-0.15, -0.1) is 0 Å². The van der Waals surface area contributed by atoms with Crippen LogP contribution in [0.4, 0.5) is 0 Å². The summed E-state index contributed by atoms with van der Waals surface area (Å²) in [5, 5.41) is 0.995. The van der Waals surface area contributed by atoms with Crippen LogP contribution in [0.15, 0.2) is 6.07 Å². The van der Waals surface area contributed by atoms with Gasteiger partial charge in [-0.1, -0.05) is 22.0 Å². The van der Waals surface area contributed by atoms with Gasteiger partial charge in [-0.3, -0.25) is 0 Å². The molecule has 0 amide bonds. The molecule has 0 aromatic heterocycles. The number of halogens is 1. The molecule has 0 saturated carbocycles. The molecule has 1 aliphatic rings. The third kappa shape index (κ3) is 1.88. The van der Waals surface area contributed by atoms with Crippen LogP contribution in [0.2, 0.25) is 0 Å². The van der Waals surface area contributed by atoms with Crippen LogP contribution in [0.1, 0.15) is 35.6 Å². The predicted molar refractivity (Wildman–Crippen MR) is 71.8 cm³/mol. The summed E-state index contributed by atoms with van der Waals surface area (Å²) in [7, 11) is 0. The van der Waals surface area contributed by atoms with Crippen LogP contribution in [0.25, 0.3) is 0 Å². The molecule has 0 saturated heterocycles. The highest BCUT2D eigenvalue weighted by atomic mass is 79.9. The molecule has 1 nitrogen and oxygen atoms in total. The second kappa shape index (κ2) is 4.06. The first kappa shape index (κ1) is 12.0. The summed E-state index contributed by atoms with van der Waals surface area (Å²) in [5.74, 6) is 1.14. The molecule has 1 unspecified atom stereocenters. The van der Waals surface area contributed by atoms with E-state index < -0.39 is 0 Å². The molecular weight excluding hydrogens is 264 g/mol. The normalized spacial score (nSPS) is 23.1. The van der Waals surface area contributed by atoms with E-state index in [1.165, 1.54) is 22.3 Å². The average Bonchev–Trinajstić information content (AvgIpc) is 2.54. The van der Waals surface area contributed by atoms with Gasteiger partial charge in [-0.2, -0.15) is 0 Å². The van der Waals surface area contributed by atoms with Gasteiger partial charge < -0.3 is 4.74 Å². The van der Waals surface area contributed by atoms with E-state index >= 15 is 0 Å². The molecular formula is C14H19BrO. The molecule has 0 aliphatic carbocycles. The monoisotopic (exact) mass is 282 g/mol. The smallest absolute Gasteiger partial charge is 0.126 e. The van der Waals surface area contributed by atoms with Crippen molar-refractivity contribution in [3.63, 3.8) is 0 Å². The third-order valence-corrected chi connectivity index (χ3v) is 4.03. The van der Waals surface area contributed by atoms with Crippen molar-refractivity contribution in [2.75, 3.05) is 5.33 Å². The summed E-state index contributed by atoms with van der Waals surface area (Å²) in [6, 6.07) is 2.28. The second-order valence-corrected chi connectivity index (χ2v) is 5.90. The second-order valence-electron chi connectivity index (χ2n) is 5.11. The molecule has 2 rings (SSSR count). The molecule has 0 spiro atoms. The molecule has 2 heteroatoms. The van der Waals surface area contributed by atoms with E-state index in [-0.39, 0.29) is 5.60 Å². The van der Waals surface area contributed by atoms with E-state index in [1.807, 2.05) is 0 Å². The highest BCUT2D eigenvalue weighted by Gasteiger charge is 2.36. The maximum absolute atomic E-state index is 6.20. The van der Waals surface area contributed by atoms with Crippen molar-refractivity contribution in [2.45, 2.75) is 46.1 Å². The van der Waals surface area contributed by atoms with Gasteiger partial charge in [-0.25, -0.2) is 0 Å². The Hall–Kier alpha value is -0.500. The number of benzene rings is 1. The lowest BCUT2D eigenvalue weighted by atomic mass is 9.92. The Kier molecular flexibility index (Phi) is 3.04. The molecule has 0 N–H and O–H groups in total. The average molecular weight is 283 g/mol. The van der Waals surface area contributed by atoms with Crippen LogP contribution in [-0.2, 0) is 6.42 Å². The number of hydrogen-bond donors (Lipinski definition) is 0. The largest absolute Gasteiger partial charge is 0.487 e. The number of hydrogen-bond acceptors (Lipinski definition) is 1. The SMILES string of the molecule is Cc1cc(C)c2c(c1C)OC(C)(CCBr)C2. The van der Waals surface area contributed by atoms with Crippen LogP contribution < -0.4 is 4.74 Å². The first-order valence-electron chi connectivity index (χ1n) is 5.81. The maximum Gasteiger partial charge on any atom is 0.126 e. The predicted octanol–water partition coefficient (Wildman–Crippen LogP) is 4.09. The lowest BCUT2D eigenvalue weighted by molar-refractivity contribution is 0.112. The van der Waals surface area contributed by atoms with E-state index in [1.54, 1.807) is 0 Å². The highest BCUT2D eigenvalue weighted by molar-refractivity contribution is 9.09. The minimum atomic E-state index is -0.0187. The Bertz CT molecular complexity index is 425. The highest BCUT2D eigenvalue weighted by Crippen LogP contribution is 2.42. The summed E-state index contributed by atoms with van der Waals surface area (Å²) in [6.07, 6.45) is 2.10. The molecule has 1 aromatic carbocycles. The standard InChI is InChI=1S/C14H19BrO/c1-9-7-10(2)12-8-14(4,5-6-15)16-13(12)11(9)3/h7H,5-6,8H2,1-4H3. The van der Waals surface area contributed by atoms with E-state index in [0.717, 1.165) is 23.9 Å². The zero-order valence-corrected chi connectivity index (χ0v) is 12.1. The van der Waals surface area contributed by atoms with Crippen molar-refractivity contribution in [1.29, 1.82) is 0 Å². The minimum absolute atomic E-state index is 0.0187. The topological polar surface area (TPSA) is 9.23 Å². The zero-order valence-electron chi connectivity index (χ0n) is 10.5. The van der Waals surface area contributed by atoms with Gasteiger partial charge in [-0.05, 0) is 50.8 Å². The number of alkyl halides is 1. The lowest BCUT2D eigenvalue weighted by Gasteiger charge is -2.23. The lowest BCUT2D eigenvalue weighted by Crippen LogP contribution is -2.30. The fraction of sp³-hybridized carbons (Fsp3) is 0.571. The van der Waals surface area contributed by atoms with Crippen LogP contribution >= 0.6 is 15.9 Å². The van der Waals surface area contributed by atoms with Crippen molar-refractivity contribution in [3.8, 4) is 5.75 Å². The Morgan fingerprint density at radius 2 is 2.00 bits per heavy atom. The summed E-state index contributed by atoms with van der Waals surface area (Å²) < 4.78 is 6.20. The van der Waals surface area contributed by atoms with Gasteiger partial charge in [0.05, 0.1) is 0 Å². The van der Waals surface area contributed by atoms with Crippen LogP contribution in [0, 0.1) is 20.8 Å². The van der Waals surface area contributed by atoms with Crippen molar-refractivity contribution in [2.24, 2.45) is 0 Å². The minimum Gasteiger partial charge on any atom is -0.487 e. The Balaban J connectivity index is 2.44. The first-order chi connectivity index (χ1) is 7.47. The molecule has 0 radical (unpaired) electrons. The summed E-state index contributed by atoms with van der Waals surface area (Å²) in [4.78, 5) is 0. The maximum atomic E-state index is 6.20. The quantitative estimate of drug-likeness (QED) is 0.743. The molecule has 0 bridgehead atoms. The Morgan fingerprint density at radius 1 is 1.31 bits per heavy atom. The molecule has 1 atom stereocenters. The van der Waals surface area contributed by atoms with E-state index in [4.69, 9.17) is 4.74 Å². The van der Waals surface area contributed by atoms with Crippen LogP contribution in [-0.4, -0.2) is 10.9 Å². The summed E-state index contributed by atoms with van der Waals surface area (Å²) in [6.45, 7) is 8.72. The molecule has 16 heavy (non-hydrogen) atoms. The van der Waals surface area contributed by atoms with E-state index in [0.29, 0.717) is 0 Å². The Labute approximate surface area is 106 Å². The van der Waals surface area contributed by atoms with Gasteiger partial charge in [0.25, 0.3) is 0 Å². The van der Waals surface area contributed by atoms with Crippen LogP contribution in [0.5, 0.6) is 5.75 Å². The number of fused-ring (bicyclic) bond motifs is 1. The van der Waals surface area contributed by atoms with Gasteiger partial charge in [0.2, 0.25) is 0 Å². The van der Waals surface area contributed by atoms with Crippen LogP contribution in [0.3, 0.4) is 0 Å². The summed E-state index contributed by atoms with van der Waals surface area (Å²) >= 11 is 3.51. The number of ether oxygens (including phenoxy) is 1. The fourth-order valence-corrected chi connectivity index (χ4v) is 3.30. The van der Waals surface area contributed by atoms with E-state index in [9.17, 15) is 0 Å². The molecule has 1 aromatic rings. The van der Waals surface area contributed by atoms with Gasteiger partial charge in [0, 0.05) is 17.3 Å². The first-order valence-corrected chi connectivity index (χ1v) is 6.93. The number of aryl methyl sites for hydroxylation is 2. The van der Waals surface area contributed by atoms with Gasteiger partial charge in [0.15, 0.2) is 0 Å². The fourth-order valence-electron chi connectivity index (χ4n) is 2.46. The molecule has 0 fully saturated rings. The molecule has 88 valence electrons. The zero-order chi connectivity index (χ0) is 11.9. The van der Waals surface area contributed by atoms with Crippen molar-refractivity contribution < 1.29 is 4.74 Å². The van der Waals surface area contributed by atoms with Crippen molar-refractivity contribution in [3.05, 3.63) is 28.3 Å². The molecule has 1 aliphatic heterocycles. The van der Waals surface area contributed by atoms with Gasteiger partial charge in [0.1, 0.15) is 11.4 Å². The van der Waals surface area contributed by atoms with E-state index in [2.05, 4.69) is 49.7 Å². The summed E-state index contributed by atoms with van der Waals surface area (Å²) in [5.41, 5.74) is 5.40. The van der Waals surface area contributed by atoms with Crippen molar-refractivity contribution >= 4 is 15.9 Å².